The number of benzene rings is 1. The van der Waals surface area contributed by atoms with Crippen molar-refractivity contribution in [2.75, 3.05) is 45.8 Å². The third kappa shape index (κ3) is 4.29. The molecule has 0 bridgehead atoms. The van der Waals surface area contributed by atoms with Crippen LogP contribution < -0.4 is 0 Å². The van der Waals surface area contributed by atoms with Crippen molar-refractivity contribution in [3.63, 3.8) is 0 Å². The molecule has 1 aromatic rings. The normalized spacial score (nSPS) is 15.4. The van der Waals surface area contributed by atoms with E-state index in [9.17, 15) is 18.4 Å². The summed E-state index contributed by atoms with van der Waals surface area (Å²) in [5.74, 6) is -2.22. The third-order valence-corrected chi connectivity index (χ3v) is 4.30. The number of carbonyl (C=O) groups excluding carboxylic acids is 2. The van der Waals surface area contributed by atoms with E-state index in [0.717, 1.165) is 12.1 Å². The van der Waals surface area contributed by atoms with E-state index >= 15 is 0 Å². The maximum absolute atomic E-state index is 13.3. The van der Waals surface area contributed by atoms with Crippen LogP contribution in [0.4, 0.5) is 8.78 Å². The van der Waals surface area contributed by atoms with Crippen molar-refractivity contribution in [3.05, 3.63) is 35.4 Å². The number of nitrogens with zero attached hydrogens (tertiary/aromatic N) is 3. The van der Waals surface area contributed by atoms with Gasteiger partial charge in [-0.25, -0.2) is 8.78 Å². The van der Waals surface area contributed by atoms with Gasteiger partial charge in [-0.2, -0.15) is 0 Å². The summed E-state index contributed by atoms with van der Waals surface area (Å²) >= 11 is 0. The molecule has 1 aromatic carbocycles. The largest absolute Gasteiger partial charge is 0.342 e. The summed E-state index contributed by atoms with van der Waals surface area (Å²) in [5.41, 5.74) is 0.140. The van der Waals surface area contributed by atoms with Gasteiger partial charge in [-0.15, -0.1) is 0 Å². The van der Waals surface area contributed by atoms with Gasteiger partial charge in [-0.1, -0.05) is 0 Å². The molecule has 0 spiro atoms. The molecular weight excluding hydrogens is 316 g/mol. The van der Waals surface area contributed by atoms with Crippen LogP contribution in [0.2, 0.25) is 0 Å². The molecule has 0 aromatic heterocycles. The van der Waals surface area contributed by atoms with Crippen molar-refractivity contribution in [1.29, 1.82) is 0 Å². The Balaban J connectivity index is 1.89. The first kappa shape index (κ1) is 18.3. The first-order valence-corrected chi connectivity index (χ1v) is 8.20. The van der Waals surface area contributed by atoms with Crippen LogP contribution >= 0.6 is 0 Å². The number of piperazine rings is 1. The van der Waals surface area contributed by atoms with Gasteiger partial charge < -0.3 is 9.80 Å². The van der Waals surface area contributed by atoms with Crippen LogP contribution in [0.1, 0.15) is 24.2 Å². The number of hydrogen-bond donors (Lipinski definition) is 0. The van der Waals surface area contributed by atoms with E-state index in [2.05, 4.69) is 0 Å². The minimum absolute atomic E-state index is 0.0837. The Morgan fingerprint density at radius 1 is 1.04 bits per heavy atom. The molecule has 2 amide bonds. The van der Waals surface area contributed by atoms with Crippen molar-refractivity contribution in [2.24, 2.45) is 0 Å². The zero-order chi connectivity index (χ0) is 17.7. The van der Waals surface area contributed by atoms with E-state index in [1.165, 1.54) is 6.07 Å². The first-order valence-electron chi connectivity index (χ1n) is 8.20. The van der Waals surface area contributed by atoms with E-state index in [1.807, 2.05) is 18.7 Å². The fourth-order valence-electron chi connectivity index (χ4n) is 2.79. The van der Waals surface area contributed by atoms with Gasteiger partial charge in [0.1, 0.15) is 0 Å². The lowest BCUT2D eigenvalue weighted by molar-refractivity contribution is -0.132. The van der Waals surface area contributed by atoms with Crippen molar-refractivity contribution < 1.29 is 18.4 Å². The molecule has 0 N–H and O–H groups in total. The molecule has 2 rings (SSSR count). The molecule has 1 aliphatic heterocycles. The molecule has 1 heterocycles. The molecular formula is C17H23F2N3O2. The molecule has 0 atom stereocenters. The van der Waals surface area contributed by atoms with Crippen LogP contribution in [0.3, 0.4) is 0 Å². The monoisotopic (exact) mass is 339 g/mol. The summed E-state index contributed by atoms with van der Waals surface area (Å²) in [7, 11) is 0. The third-order valence-electron chi connectivity index (χ3n) is 4.30. The second kappa shape index (κ2) is 8.19. The average Bonchev–Trinajstić information content (AvgIpc) is 2.58. The number of rotatable bonds is 5. The van der Waals surface area contributed by atoms with Crippen LogP contribution in [-0.2, 0) is 4.79 Å². The SMILES string of the molecule is CCN(CC)C(=O)CN1CCN(C(=O)c2ccc(F)c(F)c2)CC1. The summed E-state index contributed by atoms with van der Waals surface area (Å²) in [6.45, 7) is 7.69. The fraction of sp³-hybridized carbons (Fsp3) is 0.529. The van der Waals surface area contributed by atoms with Gasteiger partial charge >= 0.3 is 0 Å². The van der Waals surface area contributed by atoms with E-state index < -0.39 is 11.6 Å². The standard InChI is InChI=1S/C17H23F2N3O2/c1-3-21(4-2)16(23)12-20-7-9-22(10-8-20)17(24)13-5-6-14(18)15(19)11-13/h5-6,11H,3-4,7-10,12H2,1-2H3. The smallest absolute Gasteiger partial charge is 0.254 e. The van der Waals surface area contributed by atoms with Crippen LogP contribution in [0.15, 0.2) is 18.2 Å². The van der Waals surface area contributed by atoms with E-state index in [1.54, 1.807) is 9.80 Å². The summed E-state index contributed by atoms with van der Waals surface area (Å²) in [6, 6.07) is 3.17. The summed E-state index contributed by atoms with van der Waals surface area (Å²) in [6.07, 6.45) is 0. The van der Waals surface area contributed by atoms with Gasteiger partial charge in [-0.05, 0) is 32.0 Å². The summed E-state index contributed by atoms with van der Waals surface area (Å²) in [4.78, 5) is 29.8. The molecule has 0 saturated carbocycles. The summed E-state index contributed by atoms with van der Waals surface area (Å²) < 4.78 is 26.2. The van der Waals surface area contributed by atoms with Crippen LogP contribution in [-0.4, -0.2) is 72.3 Å². The van der Waals surface area contributed by atoms with Gasteiger partial charge in [0, 0.05) is 44.8 Å². The topological polar surface area (TPSA) is 43.9 Å². The van der Waals surface area contributed by atoms with E-state index in [-0.39, 0.29) is 17.4 Å². The van der Waals surface area contributed by atoms with Crippen molar-refractivity contribution in [2.45, 2.75) is 13.8 Å². The van der Waals surface area contributed by atoms with Crippen molar-refractivity contribution in [1.82, 2.24) is 14.7 Å². The van der Waals surface area contributed by atoms with Crippen LogP contribution in [0.5, 0.6) is 0 Å². The van der Waals surface area contributed by atoms with Gasteiger partial charge in [0.2, 0.25) is 5.91 Å². The Bertz CT molecular complexity index is 597. The van der Waals surface area contributed by atoms with Gasteiger partial charge in [0.05, 0.1) is 6.54 Å². The number of carbonyl (C=O) groups is 2. The Kier molecular flexibility index (Phi) is 6.25. The quantitative estimate of drug-likeness (QED) is 0.818. The predicted molar refractivity (Wildman–Crippen MR) is 86.6 cm³/mol. The van der Waals surface area contributed by atoms with E-state index in [0.29, 0.717) is 45.8 Å². The van der Waals surface area contributed by atoms with Gasteiger partial charge in [0.25, 0.3) is 5.91 Å². The molecule has 1 saturated heterocycles. The Morgan fingerprint density at radius 2 is 1.67 bits per heavy atom. The highest BCUT2D eigenvalue weighted by Gasteiger charge is 2.24. The Labute approximate surface area is 140 Å². The zero-order valence-electron chi connectivity index (χ0n) is 14.1. The Morgan fingerprint density at radius 3 is 2.21 bits per heavy atom. The van der Waals surface area contributed by atoms with Crippen molar-refractivity contribution >= 4 is 11.8 Å². The summed E-state index contributed by atoms with van der Waals surface area (Å²) in [5, 5.41) is 0. The lowest BCUT2D eigenvalue weighted by Crippen LogP contribution is -2.51. The fourth-order valence-corrected chi connectivity index (χ4v) is 2.79. The molecule has 1 fully saturated rings. The lowest BCUT2D eigenvalue weighted by atomic mass is 10.1. The zero-order valence-corrected chi connectivity index (χ0v) is 14.1. The highest BCUT2D eigenvalue weighted by atomic mass is 19.2. The predicted octanol–water partition coefficient (Wildman–Crippen LogP) is 1.59. The number of halogens is 2. The van der Waals surface area contributed by atoms with Gasteiger partial charge in [0.15, 0.2) is 11.6 Å². The molecule has 132 valence electrons. The highest BCUT2D eigenvalue weighted by molar-refractivity contribution is 5.94. The van der Waals surface area contributed by atoms with Gasteiger partial charge in [-0.3, -0.25) is 14.5 Å². The minimum atomic E-state index is -1.02. The van der Waals surface area contributed by atoms with Crippen LogP contribution in [0, 0.1) is 11.6 Å². The maximum Gasteiger partial charge on any atom is 0.254 e. The second-order valence-corrected chi connectivity index (χ2v) is 5.76. The number of amides is 2. The maximum atomic E-state index is 13.3. The molecule has 1 aliphatic rings. The molecule has 0 aliphatic carbocycles. The van der Waals surface area contributed by atoms with Crippen molar-refractivity contribution in [3.8, 4) is 0 Å². The highest BCUT2D eigenvalue weighted by Crippen LogP contribution is 2.13. The number of hydrogen-bond acceptors (Lipinski definition) is 3. The molecule has 0 radical (unpaired) electrons. The minimum Gasteiger partial charge on any atom is -0.342 e. The first-order chi connectivity index (χ1) is 11.5. The Hall–Kier alpha value is -2.02. The average molecular weight is 339 g/mol. The molecule has 0 unspecified atom stereocenters. The molecule has 5 nitrogen and oxygen atoms in total. The molecule has 7 heteroatoms. The second-order valence-electron chi connectivity index (χ2n) is 5.76. The lowest BCUT2D eigenvalue weighted by Gasteiger charge is -2.35. The molecule has 24 heavy (non-hydrogen) atoms. The van der Waals surface area contributed by atoms with E-state index in [4.69, 9.17) is 0 Å². The number of likely N-dealkylation sites (N-methyl/N-ethyl adjacent to an activating group) is 1. The van der Waals surface area contributed by atoms with Crippen LogP contribution in [0.25, 0.3) is 0 Å².